The first kappa shape index (κ1) is 14.3. The van der Waals surface area contributed by atoms with Crippen molar-refractivity contribution in [2.45, 2.75) is 6.10 Å². The minimum atomic E-state index is -0.545. The molecule has 100 valence electrons. The minimum absolute atomic E-state index is 0.0911. The van der Waals surface area contributed by atoms with Crippen LogP contribution in [0.4, 0.5) is 11.4 Å². The van der Waals surface area contributed by atoms with Crippen molar-refractivity contribution < 1.29 is 14.3 Å². The first-order valence-electron chi connectivity index (χ1n) is 5.54. The summed E-state index contributed by atoms with van der Waals surface area (Å²) < 4.78 is 10.2. The smallest absolute Gasteiger partial charge is 0.250 e. The third-order valence-corrected chi connectivity index (χ3v) is 2.58. The van der Waals surface area contributed by atoms with Gasteiger partial charge in [-0.1, -0.05) is 6.07 Å². The molecule has 0 heterocycles. The van der Waals surface area contributed by atoms with Crippen molar-refractivity contribution in [2.75, 3.05) is 38.4 Å². The fraction of sp³-hybridized carbons (Fsp3) is 0.417. The van der Waals surface area contributed by atoms with E-state index in [-0.39, 0.29) is 6.10 Å². The largest absolute Gasteiger partial charge is 0.396 e. The van der Waals surface area contributed by atoms with Crippen LogP contribution in [0, 0.1) is 0 Å². The van der Waals surface area contributed by atoms with Gasteiger partial charge in [0.05, 0.1) is 29.6 Å². The quantitative estimate of drug-likeness (QED) is 0.612. The summed E-state index contributed by atoms with van der Waals surface area (Å²) >= 11 is 0. The molecule has 0 saturated carbocycles. The molecule has 1 amide bonds. The number of carbonyl (C=O) groups is 1. The van der Waals surface area contributed by atoms with Gasteiger partial charge in [0, 0.05) is 20.8 Å². The van der Waals surface area contributed by atoms with E-state index >= 15 is 0 Å². The topological polar surface area (TPSA) is 99.6 Å². The van der Waals surface area contributed by atoms with Gasteiger partial charge < -0.3 is 26.3 Å². The van der Waals surface area contributed by atoms with Crippen molar-refractivity contribution >= 4 is 17.3 Å². The summed E-state index contributed by atoms with van der Waals surface area (Å²) in [6, 6.07) is 5.09. The Morgan fingerprint density at radius 3 is 2.72 bits per heavy atom. The molecule has 0 saturated heterocycles. The predicted octanol–water partition coefficient (Wildman–Crippen LogP) is 0.441. The maximum absolute atomic E-state index is 11.1. The van der Waals surface area contributed by atoms with Crippen LogP contribution in [0.2, 0.25) is 0 Å². The minimum Gasteiger partial charge on any atom is -0.396 e. The summed E-state index contributed by atoms with van der Waals surface area (Å²) in [5, 5.41) is 3.11. The van der Waals surface area contributed by atoms with E-state index in [1.807, 2.05) is 0 Å². The van der Waals surface area contributed by atoms with Gasteiger partial charge in [-0.15, -0.1) is 0 Å². The van der Waals surface area contributed by atoms with Crippen LogP contribution in [-0.4, -0.2) is 39.4 Å². The van der Waals surface area contributed by atoms with Crippen LogP contribution >= 0.6 is 0 Å². The molecule has 6 nitrogen and oxygen atoms in total. The van der Waals surface area contributed by atoms with Gasteiger partial charge in [-0.05, 0) is 12.1 Å². The zero-order chi connectivity index (χ0) is 13.5. The number of hydrogen-bond acceptors (Lipinski definition) is 5. The normalized spacial score (nSPS) is 12.1. The van der Waals surface area contributed by atoms with Gasteiger partial charge in [0.15, 0.2) is 0 Å². The molecule has 0 aliphatic rings. The van der Waals surface area contributed by atoms with E-state index in [1.54, 1.807) is 32.4 Å². The molecule has 0 aromatic heterocycles. The number of nitrogens with one attached hydrogen (secondary N) is 1. The summed E-state index contributed by atoms with van der Waals surface area (Å²) in [5.74, 6) is -0.545. The Morgan fingerprint density at radius 2 is 2.17 bits per heavy atom. The average Bonchev–Trinajstić information content (AvgIpc) is 2.35. The summed E-state index contributed by atoms with van der Waals surface area (Å²) in [4.78, 5) is 11.1. The number of carbonyl (C=O) groups excluding carboxylic acids is 1. The van der Waals surface area contributed by atoms with Crippen LogP contribution in [0.5, 0.6) is 0 Å². The molecule has 18 heavy (non-hydrogen) atoms. The summed E-state index contributed by atoms with van der Waals surface area (Å²) in [6.45, 7) is 0.996. The highest BCUT2D eigenvalue weighted by atomic mass is 16.5. The Morgan fingerprint density at radius 1 is 1.44 bits per heavy atom. The van der Waals surface area contributed by atoms with Gasteiger partial charge in [0.2, 0.25) is 0 Å². The molecule has 1 rings (SSSR count). The van der Waals surface area contributed by atoms with Crippen molar-refractivity contribution in [3.8, 4) is 0 Å². The van der Waals surface area contributed by atoms with Crippen LogP contribution in [0.1, 0.15) is 10.4 Å². The van der Waals surface area contributed by atoms with Crippen molar-refractivity contribution in [1.29, 1.82) is 0 Å². The number of nitrogen functional groups attached to an aromatic ring is 1. The molecule has 6 heteroatoms. The molecule has 5 N–H and O–H groups in total. The average molecular weight is 253 g/mol. The highest BCUT2D eigenvalue weighted by molar-refractivity contribution is 6.00. The summed E-state index contributed by atoms with van der Waals surface area (Å²) in [7, 11) is 3.21. The molecule has 1 unspecified atom stereocenters. The Balaban J connectivity index is 2.73. The van der Waals surface area contributed by atoms with Crippen LogP contribution < -0.4 is 16.8 Å². The fourth-order valence-corrected chi connectivity index (χ4v) is 1.55. The first-order chi connectivity index (χ1) is 8.60. The lowest BCUT2D eigenvalue weighted by Crippen LogP contribution is -2.27. The van der Waals surface area contributed by atoms with Crippen LogP contribution in [0.25, 0.3) is 0 Å². The highest BCUT2D eigenvalue weighted by Gasteiger charge is 2.11. The number of methoxy groups -OCH3 is 2. The van der Waals surface area contributed by atoms with Crippen LogP contribution in [0.3, 0.4) is 0 Å². The number of ether oxygens (including phenoxy) is 2. The molecular formula is C12H19N3O3. The maximum atomic E-state index is 11.1. The molecule has 0 fully saturated rings. The SMILES string of the molecule is COCC(CNc1cccc(C(N)=O)c1N)OC. The number of rotatable bonds is 7. The van der Waals surface area contributed by atoms with Gasteiger partial charge in [0.25, 0.3) is 5.91 Å². The number of para-hydroxylation sites is 1. The second-order valence-electron chi connectivity index (χ2n) is 3.83. The van der Waals surface area contributed by atoms with Gasteiger partial charge in [0.1, 0.15) is 0 Å². The van der Waals surface area contributed by atoms with Crippen LogP contribution in [-0.2, 0) is 9.47 Å². The maximum Gasteiger partial charge on any atom is 0.250 e. The molecule has 0 bridgehead atoms. The van der Waals surface area contributed by atoms with Crippen LogP contribution in [0.15, 0.2) is 18.2 Å². The lowest BCUT2D eigenvalue weighted by Gasteiger charge is -2.17. The number of hydrogen-bond donors (Lipinski definition) is 3. The lowest BCUT2D eigenvalue weighted by atomic mass is 10.1. The van der Waals surface area contributed by atoms with E-state index in [0.29, 0.717) is 30.1 Å². The molecule has 1 atom stereocenters. The Hall–Kier alpha value is -1.79. The molecule has 0 spiro atoms. The number of primary amides is 1. The van der Waals surface area contributed by atoms with Gasteiger partial charge >= 0.3 is 0 Å². The number of benzene rings is 1. The lowest BCUT2D eigenvalue weighted by molar-refractivity contribution is 0.0366. The first-order valence-corrected chi connectivity index (χ1v) is 5.54. The zero-order valence-electron chi connectivity index (χ0n) is 10.6. The van der Waals surface area contributed by atoms with E-state index in [1.165, 1.54) is 0 Å². The third kappa shape index (κ3) is 3.61. The highest BCUT2D eigenvalue weighted by Crippen LogP contribution is 2.22. The molecule has 0 aliphatic carbocycles. The monoisotopic (exact) mass is 253 g/mol. The van der Waals surface area contributed by atoms with E-state index in [4.69, 9.17) is 20.9 Å². The summed E-state index contributed by atoms with van der Waals surface area (Å²) in [6.07, 6.45) is -0.0911. The van der Waals surface area contributed by atoms with E-state index in [9.17, 15) is 4.79 Å². The molecule has 0 aliphatic heterocycles. The predicted molar refractivity (Wildman–Crippen MR) is 70.5 cm³/mol. The van der Waals surface area contributed by atoms with Crippen molar-refractivity contribution in [2.24, 2.45) is 5.73 Å². The molecular weight excluding hydrogens is 234 g/mol. The Kier molecular flexibility index (Phi) is 5.41. The second-order valence-corrected chi connectivity index (χ2v) is 3.83. The number of nitrogens with two attached hydrogens (primary N) is 2. The third-order valence-electron chi connectivity index (χ3n) is 2.58. The zero-order valence-corrected chi connectivity index (χ0v) is 10.6. The fourth-order valence-electron chi connectivity index (χ4n) is 1.55. The molecule has 1 aromatic rings. The summed E-state index contributed by atoms with van der Waals surface area (Å²) in [5.41, 5.74) is 12.4. The van der Waals surface area contributed by atoms with Gasteiger partial charge in [-0.2, -0.15) is 0 Å². The van der Waals surface area contributed by atoms with Gasteiger partial charge in [-0.25, -0.2) is 0 Å². The standard InChI is InChI=1S/C12H19N3O3/c1-17-7-8(18-2)6-15-10-5-3-4-9(11(10)13)12(14)16/h3-5,8,15H,6-7,13H2,1-2H3,(H2,14,16). The molecule has 1 aromatic carbocycles. The second kappa shape index (κ2) is 6.83. The Bertz CT molecular complexity index is 410. The Labute approximate surface area is 106 Å². The number of anilines is 2. The van der Waals surface area contributed by atoms with Gasteiger partial charge in [-0.3, -0.25) is 4.79 Å². The van der Waals surface area contributed by atoms with Crippen molar-refractivity contribution in [1.82, 2.24) is 0 Å². The van der Waals surface area contributed by atoms with E-state index in [0.717, 1.165) is 0 Å². The van der Waals surface area contributed by atoms with Crippen molar-refractivity contribution in [3.63, 3.8) is 0 Å². The van der Waals surface area contributed by atoms with E-state index < -0.39 is 5.91 Å². The van der Waals surface area contributed by atoms with E-state index in [2.05, 4.69) is 5.32 Å². The number of amides is 1. The molecule has 0 radical (unpaired) electrons. The van der Waals surface area contributed by atoms with Crippen molar-refractivity contribution in [3.05, 3.63) is 23.8 Å².